The number of hydrogen-bond donors (Lipinski definition) is 1. The molecule has 0 radical (unpaired) electrons. The second-order valence-electron chi connectivity index (χ2n) is 4.53. The Hall–Kier alpha value is -0.870. The molecule has 0 amide bonds. The predicted octanol–water partition coefficient (Wildman–Crippen LogP) is 2.92. The number of hydrogen-bond acceptors (Lipinski definition) is 3. The van der Waals surface area contributed by atoms with E-state index in [4.69, 9.17) is 0 Å². The van der Waals surface area contributed by atoms with E-state index in [2.05, 4.69) is 11.8 Å². The molecule has 1 atom stereocenters. The second-order valence-corrected chi connectivity index (χ2v) is 5.53. The van der Waals surface area contributed by atoms with Gasteiger partial charge in [0.2, 0.25) is 0 Å². The standard InChI is InChI=1S/C13H19NO2S/c1-2-3-4-7-14-8-5-11-10(6-9-17-11)12(14)13(15)16/h6,9,12H,2-5,7-8H2,1H3,(H,15,16). The van der Waals surface area contributed by atoms with E-state index in [-0.39, 0.29) is 0 Å². The molecular formula is C13H19NO2S. The zero-order chi connectivity index (χ0) is 12.3. The maximum absolute atomic E-state index is 11.4. The minimum absolute atomic E-state index is 0.415. The Morgan fingerprint density at radius 1 is 1.59 bits per heavy atom. The normalized spacial score (nSPS) is 20.2. The first-order valence-electron chi connectivity index (χ1n) is 6.27. The van der Waals surface area contributed by atoms with Crippen molar-refractivity contribution in [2.75, 3.05) is 13.1 Å². The topological polar surface area (TPSA) is 40.5 Å². The van der Waals surface area contributed by atoms with Crippen molar-refractivity contribution >= 4 is 17.3 Å². The van der Waals surface area contributed by atoms with Crippen molar-refractivity contribution in [1.29, 1.82) is 0 Å². The molecule has 0 spiro atoms. The third-order valence-corrected chi connectivity index (χ3v) is 4.34. The van der Waals surface area contributed by atoms with Gasteiger partial charge in [0.25, 0.3) is 0 Å². The zero-order valence-corrected chi connectivity index (χ0v) is 11.0. The van der Waals surface area contributed by atoms with Gasteiger partial charge in [-0.25, -0.2) is 0 Å². The monoisotopic (exact) mass is 253 g/mol. The molecule has 2 rings (SSSR count). The lowest BCUT2D eigenvalue weighted by atomic mass is 9.99. The van der Waals surface area contributed by atoms with E-state index >= 15 is 0 Å². The van der Waals surface area contributed by atoms with Crippen LogP contribution in [0.1, 0.15) is 42.7 Å². The van der Waals surface area contributed by atoms with Crippen molar-refractivity contribution in [2.45, 2.75) is 38.6 Å². The highest BCUT2D eigenvalue weighted by Crippen LogP contribution is 2.33. The van der Waals surface area contributed by atoms with Gasteiger partial charge in [-0.2, -0.15) is 0 Å². The number of carboxylic acids is 1. The van der Waals surface area contributed by atoms with Gasteiger partial charge in [-0.3, -0.25) is 9.69 Å². The van der Waals surface area contributed by atoms with E-state index in [0.29, 0.717) is 0 Å². The molecule has 0 saturated heterocycles. The van der Waals surface area contributed by atoms with E-state index in [1.54, 1.807) is 11.3 Å². The molecule has 2 heterocycles. The molecule has 0 saturated carbocycles. The van der Waals surface area contributed by atoms with Gasteiger partial charge in [0.1, 0.15) is 6.04 Å². The van der Waals surface area contributed by atoms with E-state index in [0.717, 1.165) is 31.5 Å². The summed E-state index contributed by atoms with van der Waals surface area (Å²) in [5, 5.41) is 11.4. The first-order chi connectivity index (χ1) is 8.24. The lowest BCUT2D eigenvalue weighted by Crippen LogP contribution is -2.39. The number of fused-ring (bicyclic) bond motifs is 1. The fraction of sp³-hybridized carbons (Fsp3) is 0.615. The van der Waals surface area contributed by atoms with E-state index in [1.165, 1.54) is 17.7 Å². The zero-order valence-electron chi connectivity index (χ0n) is 10.2. The van der Waals surface area contributed by atoms with Gasteiger partial charge in [0.05, 0.1) is 0 Å². The van der Waals surface area contributed by atoms with Crippen LogP contribution in [0, 0.1) is 0 Å². The number of nitrogens with zero attached hydrogens (tertiary/aromatic N) is 1. The number of carboxylic acid groups (broad SMARTS) is 1. The summed E-state index contributed by atoms with van der Waals surface area (Å²) in [4.78, 5) is 14.8. The first-order valence-corrected chi connectivity index (χ1v) is 7.15. The van der Waals surface area contributed by atoms with Crippen molar-refractivity contribution in [3.8, 4) is 0 Å². The highest BCUT2D eigenvalue weighted by Gasteiger charge is 2.32. The molecule has 4 heteroatoms. The van der Waals surface area contributed by atoms with E-state index < -0.39 is 12.0 Å². The molecule has 0 aliphatic carbocycles. The summed E-state index contributed by atoms with van der Waals surface area (Å²) in [7, 11) is 0. The number of thiophene rings is 1. The Bertz CT molecular complexity index is 389. The lowest BCUT2D eigenvalue weighted by molar-refractivity contribution is -0.144. The van der Waals surface area contributed by atoms with Crippen LogP contribution in [0.4, 0.5) is 0 Å². The molecule has 17 heavy (non-hydrogen) atoms. The largest absolute Gasteiger partial charge is 0.480 e. The first kappa shape index (κ1) is 12.6. The molecule has 1 unspecified atom stereocenters. The van der Waals surface area contributed by atoms with Crippen molar-refractivity contribution < 1.29 is 9.90 Å². The molecule has 1 aliphatic rings. The Balaban J connectivity index is 2.10. The predicted molar refractivity (Wildman–Crippen MR) is 69.5 cm³/mol. The molecule has 0 fully saturated rings. The van der Waals surface area contributed by atoms with Crippen LogP contribution in [0.25, 0.3) is 0 Å². The third-order valence-electron chi connectivity index (χ3n) is 3.35. The number of unbranched alkanes of at least 4 members (excludes halogenated alkanes) is 2. The van der Waals surface area contributed by atoms with Gasteiger partial charge in [0, 0.05) is 11.4 Å². The molecule has 1 aromatic heterocycles. The van der Waals surface area contributed by atoms with Crippen molar-refractivity contribution in [1.82, 2.24) is 4.90 Å². The summed E-state index contributed by atoms with van der Waals surface area (Å²) in [6, 6.07) is 1.56. The van der Waals surface area contributed by atoms with Gasteiger partial charge in [0.15, 0.2) is 0 Å². The smallest absolute Gasteiger partial charge is 0.325 e. The fourth-order valence-electron chi connectivity index (χ4n) is 2.46. The quantitative estimate of drug-likeness (QED) is 0.820. The lowest BCUT2D eigenvalue weighted by Gasteiger charge is -2.33. The Kier molecular flexibility index (Phi) is 4.18. The summed E-state index contributed by atoms with van der Waals surface area (Å²) in [5.41, 5.74) is 1.02. The second kappa shape index (κ2) is 5.65. The summed E-state index contributed by atoms with van der Waals surface area (Å²) >= 11 is 1.69. The number of carbonyl (C=O) groups is 1. The van der Waals surface area contributed by atoms with Gasteiger partial charge in [-0.1, -0.05) is 19.8 Å². The SMILES string of the molecule is CCCCCN1CCc2sccc2C1C(=O)O. The molecular weight excluding hydrogens is 234 g/mol. The van der Waals surface area contributed by atoms with Crippen molar-refractivity contribution in [3.05, 3.63) is 21.9 Å². The molecule has 1 aromatic rings. The molecule has 0 aromatic carbocycles. The van der Waals surface area contributed by atoms with Gasteiger partial charge in [-0.05, 0) is 36.4 Å². The highest BCUT2D eigenvalue weighted by atomic mass is 32.1. The molecule has 94 valence electrons. The van der Waals surface area contributed by atoms with Crippen LogP contribution in [0.3, 0.4) is 0 Å². The molecule has 0 bridgehead atoms. The van der Waals surface area contributed by atoms with Crippen LogP contribution in [0.2, 0.25) is 0 Å². The van der Waals surface area contributed by atoms with E-state index in [1.807, 2.05) is 11.4 Å². The average molecular weight is 253 g/mol. The summed E-state index contributed by atoms with van der Waals surface area (Å²) in [5.74, 6) is -0.708. The summed E-state index contributed by atoms with van der Waals surface area (Å²) in [6.45, 7) is 3.95. The number of rotatable bonds is 5. The Morgan fingerprint density at radius 2 is 2.41 bits per heavy atom. The molecule has 3 nitrogen and oxygen atoms in total. The minimum Gasteiger partial charge on any atom is -0.480 e. The third kappa shape index (κ3) is 2.69. The molecule has 1 aliphatic heterocycles. The minimum atomic E-state index is -0.708. The van der Waals surface area contributed by atoms with Crippen LogP contribution in [-0.2, 0) is 11.2 Å². The van der Waals surface area contributed by atoms with Crippen LogP contribution >= 0.6 is 11.3 Å². The highest BCUT2D eigenvalue weighted by molar-refractivity contribution is 7.10. The Labute approximate surface area is 106 Å². The molecule has 1 N–H and O–H groups in total. The van der Waals surface area contributed by atoms with Crippen LogP contribution in [-0.4, -0.2) is 29.1 Å². The van der Waals surface area contributed by atoms with Crippen LogP contribution in [0.5, 0.6) is 0 Å². The van der Waals surface area contributed by atoms with Gasteiger partial charge < -0.3 is 5.11 Å². The van der Waals surface area contributed by atoms with Gasteiger partial charge in [-0.15, -0.1) is 11.3 Å². The summed E-state index contributed by atoms with van der Waals surface area (Å²) < 4.78 is 0. The van der Waals surface area contributed by atoms with E-state index in [9.17, 15) is 9.90 Å². The van der Waals surface area contributed by atoms with Crippen LogP contribution in [0.15, 0.2) is 11.4 Å². The average Bonchev–Trinajstić information content (AvgIpc) is 2.76. The van der Waals surface area contributed by atoms with Crippen molar-refractivity contribution in [2.24, 2.45) is 0 Å². The van der Waals surface area contributed by atoms with Crippen LogP contribution < -0.4 is 0 Å². The fourth-order valence-corrected chi connectivity index (χ4v) is 3.37. The maximum atomic E-state index is 11.4. The summed E-state index contributed by atoms with van der Waals surface area (Å²) in [6.07, 6.45) is 4.46. The number of aliphatic carboxylic acids is 1. The Morgan fingerprint density at radius 3 is 3.12 bits per heavy atom. The van der Waals surface area contributed by atoms with Gasteiger partial charge >= 0.3 is 5.97 Å². The maximum Gasteiger partial charge on any atom is 0.325 e. The van der Waals surface area contributed by atoms with Crippen molar-refractivity contribution in [3.63, 3.8) is 0 Å².